The number of nitrogens with one attached hydrogen (secondary N) is 1. The molecular formula is C14H19Cl3N2O. The van der Waals surface area contributed by atoms with Gasteiger partial charge in [0.2, 0.25) is 5.91 Å². The number of amides is 1. The lowest BCUT2D eigenvalue weighted by Crippen LogP contribution is -2.43. The van der Waals surface area contributed by atoms with Crippen molar-refractivity contribution < 1.29 is 4.79 Å². The highest BCUT2D eigenvalue weighted by Crippen LogP contribution is 2.23. The van der Waals surface area contributed by atoms with E-state index in [0.717, 1.165) is 24.9 Å². The predicted molar refractivity (Wildman–Crippen MR) is 85.8 cm³/mol. The molecule has 0 aliphatic carbocycles. The monoisotopic (exact) mass is 336 g/mol. The molecule has 1 atom stereocenters. The van der Waals surface area contributed by atoms with Gasteiger partial charge in [-0.1, -0.05) is 29.3 Å². The molecule has 6 heteroatoms. The van der Waals surface area contributed by atoms with Crippen LogP contribution in [0, 0.1) is 0 Å². The van der Waals surface area contributed by atoms with Gasteiger partial charge < -0.3 is 10.2 Å². The Labute approximate surface area is 136 Å². The van der Waals surface area contributed by atoms with E-state index >= 15 is 0 Å². The zero-order chi connectivity index (χ0) is 13.8. The third-order valence-electron chi connectivity index (χ3n) is 3.41. The van der Waals surface area contributed by atoms with E-state index < -0.39 is 0 Å². The number of carbonyl (C=O) groups excluding carboxylic acids is 1. The summed E-state index contributed by atoms with van der Waals surface area (Å²) < 4.78 is 0. The molecule has 1 aromatic carbocycles. The zero-order valence-corrected chi connectivity index (χ0v) is 13.7. The Kier molecular flexibility index (Phi) is 7.10. The van der Waals surface area contributed by atoms with Gasteiger partial charge >= 0.3 is 0 Å². The lowest BCUT2D eigenvalue weighted by molar-refractivity contribution is -0.133. The second-order valence-corrected chi connectivity index (χ2v) is 5.56. The van der Waals surface area contributed by atoms with Gasteiger partial charge in [0.1, 0.15) is 0 Å². The predicted octanol–water partition coefficient (Wildman–Crippen LogP) is 3.52. The van der Waals surface area contributed by atoms with Gasteiger partial charge in [0.25, 0.3) is 0 Å². The van der Waals surface area contributed by atoms with Crippen molar-refractivity contribution in [3.05, 3.63) is 33.8 Å². The molecule has 1 heterocycles. The summed E-state index contributed by atoms with van der Waals surface area (Å²) in [5, 5.41) is 4.31. The number of halogens is 3. The summed E-state index contributed by atoms with van der Waals surface area (Å²) in [5.74, 6) is 0.172. The molecule has 20 heavy (non-hydrogen) atoms. The highest BCUT2D eigenvalue weighted by molar-refractivity contribution is 6.42. The fourth-order valence-electron chi connectivity index (χ4n) is 2.32. The average molecular weight is 338 g/mol. The first-order valence-corrected chi connectivity index (χ1v) is 7.33. The standard InChI is InChI=1S/C14H18Cl2N2O.ClH/c1-2-18(14(19)13-4-3-7-17-13)9-10-5-6-11(15)12(16)8-10;/h5-6,8,13,17H,2-4,7,9H2,1H3;1H. The molecule has 1 unspecified atom stereocenters. The van der Waals surface area contributed by atoms with Crippen LogP contribution < -0.4 is 5.32 Å². The number of hydrogen-bond donors (Lipinski definition) is 1. The Morgan fingerprint density at radius 1 is 1.40 bits per heavy atom. The molecule has 0 spiro atoms. The number of benzene rings is 1. The fraction of sp³-hybridized carbons (Fsp3) is 0.500. The van der Waals surface area contributed by atoms with Crippen molar-refractivity contribution in [2.24, 2.45) is 0 Å². The molecule has 1 fully saturated rings. The second kappa shape index (κ2) is 8.08. The minimum absolute atomic E-state index is 0. The van der Waals surface area contributed by atoms with Crippen LogP contribution in [-0.4, -0.2) is 29.9 Å². The van der Waals surface area contributed by atoms with E-state index in [-0.39, 0.29) is 24.4 Å². The Hall–Kier alpha value is -0.480. The van der Waals surface area contributed by atoms with Crippen LogP contribution in [0.1, 0.15) is 25.3 Å². The molecule has 1 aliphatic heterocycles. The average Bonchev–Trinajstić information content (AvgIpc) is 2.93. The normalized spacial score (nSPS) is 17.6. The van der Waals surface area contributed by atoms with Gasteiger partial charge in [-0.15, -0.1) is 12.4 Å². The van der Waals surface area contributed by atoms with Crippen LogP contribution in [0.5, 0.6) is 0 Å². The Morgan fingerprint density at radius 2 is 2.15 bits per heavy atom. The number of hydrogen-bond acceptors (Lipinski definition) is 2. The molecule has 0 aromatic heterocycles. The minimum Gasteiger partial charge on any atom is -0.337 e. The lowest BCUT2D eigenvalue weighted by atomic mass is 10.1. The molecular weight excluding hydrogens is 319 g/mol. The molecule has 1 aliphatic rings. The first kappa shape index (κ1) is 17.6. The van der Waals surface area contributed by atoms with Gasteiger partial charge in [-0.2, -0.15) is 0 Å². The van der Waals surface area contributed by atoms with Gasteiger partial charge in [-0.3, -0.25) is 4.79 Å². The van der Waals surface area contributed by atoms with E-state index in [1.54, 1.807) is 6.07 Å². The Morgan fingerprint density at radius 3 is 2.70 bits per heavy atom. The molecule has 0 saturated carbocycles. The lowest BCUT2D eigenvalue weighted by Gasteiger charge is -2.24. The highest BCUT2D eigenvalue weighted by atomic mass is 35.5. The van der Waals surface area contributed by atoms with E-state index in [2.05, 4.69) is 5.32 Å². The fourth-order valence-corrected chi connectivity index (χ4v) is 2.64. The van der Waals surface area contributed by atoms with Crippen molar-refractivity contribution in [1.29, 1.82) is 0 Å². The largest absolute Gasteiger partial charge is 0.337 e. The molecule has 1 aromatic rings. The number of nitrogens with zero attached hydrogens (tertiary/aromatic N) is 1. The molecule has 3 nitrogen and oxygen atoms in total. The molecule has 0 bridgehead atoms. The number of rotatable bonds is 4. The van der Waals surface area contributed by atoms with E-state index in [4.69, 9.17) is 23.2 Å². The van der Waals surface area contributed by atoms with Crippen molar-refractivity contribution in [2.45, 2.75) is 32.4 Å². The van der Waals surface area contributed by atoms with Crippen LogP contribution in [0.25, 0.3) is 0 Å². The van der Waals surface area contributed by atoms with Gasteiger partial charge in [0, 0.05) is 13.1 Å². The number of carbonyl (C=O) groups is 1. The van der Waals surface area contributed by atoms with Crippen molar-refractivity contribution in [3.8, 4) is 0 Å². The maximum atomic E-state index is 12.3. The quantitative estimate of drug-likeness (QED) is 0.912. The smallest absolute Gasteiger partial charge is 0.239 e. The van der Waals surface area contributed by atoms with Crippen molar-refractivity contribution in [2.75, 3.05) is 13.1 Å². The molecule has 0 radical (unpaired) electrons. The Balaban J connectivity index is 0.00000200. The molecule has 1 amide bonds. The summed E-state index contributed by atoms with van der Waals surface area (Å²) in [6, 6.07) is 5.47. The van der Waals surface area contributed by atoms with Crippen LogP contribution in [0.15, 0.2) is 18.2 Å². The van der Waals surface area contributed by atoms with Gasteiger partial charge in [0.15, 0.2) is 0 Å². The summed E-state index contributed by atoms with van der Waals surface area (Å²) in [6.07, 6.45) is 2.00. The van der Waals surface area contributed by atoms with E-state index in [1.807, 2.05) is 24.0 Å². The molecule has 1 saturated heterocycles. The van der Waals surface area contributed by atoms with E-state index in [9.17, 15) is 4.79 Å². The molecule has 1 N–H and O–H groups in total. The van der Waals surface area contributed by atoms with Gasteiger partial charge in [-0.05, 0) is 44.0 Å². The van der Waals surface area contributed by atoms with Gasteiger partial charge in [0.05, 0.1) is 16.1 Å². The van der Waals surface area contributed by atoms with Crippen molar-refractivity contribution in [1.82, 2.24) is 10.2 Å². The van der Waals surface area contributed by atoms with Crippen molar-refractivity contribution >= 4 is 41.5 Å². The maximum absolute atomic E-state index is 12.3. The summed E-state index contributed by atoms with van der Waals surface area (Å²) in [4.78, 5) is 14.2. The first-order valence-electron chi connectivity index (χ1n) is 6.58. The highest BCUT2D eigenvalue weighted by Gasteiger charge is 2.26. The van der Waals surface area contributed by atoms with E-state index in [1.165, 1.54) is 0 Å². The van der Waals surface area contributed by atoms with Crippen LogP contribution in [0.3, 0.4) is 0 Å². The number of likely N-dealkylation sites (N-methyl/N-ethyl adjacent to an activating group) is 1. The zero-order valence-electron chi connectivity index (χ0n) is 11.4. The third-order valence-corrected chi connectivity index (χ3v) is 4.15. The van der Waals surface area contributed by atoms with Gasteiger partial charge in [-0.25, -0.2) is 0 Å². The van der Waals surface area contributed by atoms with Crippen LogP contribution in [0.4, 0.5) is 0 Å². The Bertz CT molecular complexity index is 462. The van der Waals surface area contributed by atoms with Crippen molar-refractivity contribution in [3.63, 3.8) is 0 Å². The molecule has 112 valence electrons. The van der Waals surface area contributed by atoms with E-state index in [0.29, 0.717) is 23.1 Å². The SMILES string of the molecule is CCN(Cc1ccc(Cl)c(Cl)c1)C(=O)C1CCCN1.Cl. The summed E-state index contributed by atoms with van der Waals surface area (Å²) >= 11 is 11.9. The molecule has 2 rings (SSSR count). The summed E-state index contributed by atoms with van der Waals surface area (Å²) in [7, 11) is 0. The minimum atomic E-state index is -0.0253. The summed E-state index contributed by atoms with van der Waals surface area (Å²) in [5.41, 5.74) is 1.00. The van der Waals surface area contributed by atoms with Crippen LogP contribution >= 0.6 is 35.6 Å². The summed E-state index contributed by atoms with van der Waals surface area (Å²) in [6.45, 7) is 4.19. The van der Waals surface area contributed by atoms with Crippen LogP contribution in [0.2, 0.25) is 10.0 Å². The maximum Gasteiger partial charge on any atom is 0.239 e. The topological polar surface area (TPSA) is 32.3 Å². The van der Waals surface area contributed by atoms with Crippen LogP contribution in [-0.2, 0) is 11.3 Å². The first-order chi connectivity index (χ1) is 9.11. The second-order valence-electron chi connectivity index (χ2n) is 4.75. The third kappa shape index (κ3) is 4.26.